The number of likely N-dealkylation sites (tertiary alicyclic amines) is 1. The topological polar surface area (TPSA) is 49.3 Å². The summed E-state index contributed by atoms with van der Waals surface area (Å²) in [5, 5.41) is 0. The summed E-state index contributed by atoms with van der Waals surface area (Å²) in [6.45, 7) is 14.2. The van der Waals surface area contributed by atoms with Crippen LogP contribution in [0, 0.1) is 17.8 Å². The van der Waals surface area contributed by atoms with Crippen LogP contribution >= 0.6 is 0 Å². The lowest BCUT2D eigenvalue weighted by atomic mass is 9.70. The van der Waals surface area contributed by atoms with E-state index in [1.807, 2.05) is 13.8 Å². The van der Waals surface area contributed by atoms with Crippen LogP contribution in [0.1, 0.15) is 84.0 Å². The molecule has 166 valence electrons. The van der Waals surface area contributed by atoms with Gasteiger partial charge in [0.15, 0.2) is 0 Å². The van der Waals surface area contributed by atoms with E-state index in [2.05, 4.69) is 43.0 Å². The standard InChI is InChI=1S/C25H40N4O/c1-16(2)25(30)23-9-6-19(10-18(23)5)20-11-26-24(27-12-20)15-29-21-7-8-22(29)14-28(13-21)17(3)4/h11-12,16-19,21-23H,6-10,13-15H2,1-5H3. The molecular weight excluding hydrogens is 372 g/mol. The number of aromatic nitrogens is 2. The van der Waals surface area contributed by atoms with Gasteiger partial charge in [-0.25, -0.2) is 9.97 Å². The monoisotopic (exact) mass is 412 g/mol. The van der Waals surface area contributed by atoms with E-state index >= 15 is 0 Å². The Balaban J connectivity index is 1.35. The number of Topliss-reactive ketones (excluding diaryl/α,β-unsaturated/α-hetero) is 1. The van der Waals surface area contributed by atoms with Gasteiger partial charge in [-0.05, 0) is 63.4 Å². The van der Waals surface area contributed by atoms with Crippen LogP contribution in [-0.4, -0.2) is 56.8 Å². The Kier molecular flexibility index (Phi) is 6.59. The molecule has 3 fully saturated rings. The van der Waals surface area contributed by atoms with Crippen molar-refractivity contribution in [2.24, 2.45) is 17.8 Å². The zero-order valence-corrected chi connectivity index (χ0v) is 19.6. The second-order valence-corrected chi connectivity index (χ2v) is 10.7. The number of hydrogen-bond acceptors (Lipinski definition) is 5. The van der Waals surface area contributed by atoms with Crippen molar-refractivity contribution in [3.05, 3.63) is 23.8 Å². The van der Waals surface area contributed by atoms with Gasteiger partial charge in [0.1, 0.15) is 11.6 Å². The van der Waals surface area contributed by atoms with Crippen molar-refractivity contribution in [1.29, 1.82) is 0 Å². The molecule has 3 aliphatic rings. The fourth-order valence-corrected chi connectivity index (χ4v) is 6.07. The fraction of sp³-hybridized carbons (Fsp3) is 0.800. The van der Waals surface area contributed by atoms with Gasteiger partial charge in [0, 0.05) is 55.4 Å². The average Bonchev–Trinajstić information content (AvgIpc) is 2.95. The van der Waals surface area contributed by atoms with Crippen molar-refractivity contribution in [3.63, 3.8) is 0 Å². The molecule has 0 amide bonds. The third kappa shape index (κ3) is 4.47. The van der Waals surface area contributed by atoms with Crippen molar-refractivity contribution in [2.45, 2.75) is 97.3 Å². The minimum absolute atomic E-state index is 0.148. The SMILES string of the molecule is CC(C)C(=O)C1CCC(c2cnc(CN3C4CCC3CN(C(C)C)C4)nc2)CC1C. The second-order valence-electron chi connectivity index (χ2n) is 10.7. The molecule has 2 bridgehead atoms. The van der Waals surface area contributed by atoms with Crippen LogP contribution in [0.3, 0.4) is 0 Å². The van der Waals surface area contributed by atoms with E-state index in [0.717, 1.165) is 31.6 Å². The van der Waals surface area contributed by atoms with Crippen LogP contribution in [0.4, 0.5) is 0 Å². The summed E-state index contributed by atoms with van der Waals surface area (Å²) >= 11 is 0. The van der Waals surface area contributed by atoms with Gasteiger partial charge in [-0.15, -0.1) is 0 Å². The number of nitrogens with zero attached hydrogens (tertiary/aromatic N) is 4. The van der Waals surface area contributed by atoms with Crippen molar-refractivity contribution in [2.75, 3.05) is 13.1 Å². The molecule has 1 aromatic rings. The number of carbonyl (C=O) groups is 1. The molecule has 5 unspecified atom stereocenters. The predicted octanol–water partition coefficient (Wildman–Crippen LogP) is 4.28. The number of fused-ring (bicyclic) bond motifs is 2. The summed E-state index contributed by atoms with van der Waals surface area (Å²) in [6, 6.07) is 1.95. The van der Waals surface area contributed by atoms with Crippen LogP contribution in [0.15, 0.2) is 12.4 Å². The van der Waals surface area contributed by atoms with E-state index in [0.29, 0.717) is 35.7 Å². The predicted molar refractivity (Wildman–Crippen MR) is 120 cm³/mol. The lowest BCUT2D eigenvalue weighted by Gasteiger charge is -2.42. The van der Waals surface area contributed by atoms with Crippen molar-refractivity contribution >= 4 is 5.78 Å². The Bertz CT molecular complexity index is 717. The molecule has 1 aromatic heterocycles. The minimum atomic E-state index is 0.148. The molecule has 0 radical (unpaired) electrons. The Morgan fingerprint density at radius 2 is 1.67 bits per heavy atom. The Morgan fingerprint density at radius 3 is 2.20 bits per heavy atom. The quantitative estimate of drug-likeness (QED) is 0.698. The first kappa shape index (κ1) is 21.9. The molecule has 5 atom stereocenters. The number of rotatable bonds is 6. The van der Waals surface area contributed by atoms with E-state index in [4.69, 9.17) is 9.97 Å². The Morgan fingerprint density at radius 1 is 1.03 bits per heavy atom. The van der Waals surface area contributed by atoms with Crippen LogP contribution in [0.2, 0.25) is 0 Å². The molecule has 5 heteroatoms. The molecular formula is C25H40N4O. The van der Waals surface area contributed by atoms with Gasteiger partial charge in [0.2, 0.25) is 0 Å². The second kappa shape index (κ2) is 9.04. The molecule has 1 aliphatic carbocycles. The van der Waals surface area contributed by atoms with Crippen LogP contribution in [0.25, 0.3) is 0 Å². The summed E-state index contributed by atoms with van der Waals surface area (Å²) < 4.78 is 0. The van der Waals surface area contributed by atoms with Gasteiger partial charge in [-0.3, -0.25) is 14.6 Å². The van der Waals surface area contributed by atoms with E-state index < -0.39 is 0 Å². The van der Waals surface area contributed by atoms with E-state index in [1.165, 1.54) is 31.5 Å². The van der Waals surface area contributed by atoms with Crippen molar-refractivity contribution in [1.82, 2.24) is 19.8 Å². The van der Waals surface area contributed by atoms with Crippen molar-refractivity contribution < 1.29 is 4.79 Å². The zero-order valence-electron chi connectivity index (χ0n) is 19.6. The summed E-state index contributed by atoms with van der Waals surface area (Å²) in [7, 11) is 0. The van der Waals surface area contributed by atoms with Gasteiger partial charge in [0.05, 0.1) is 6.54 Å². The summed E-state index contributed by atoms with van der Waals surface area (Å²) in [5.41, 5.74) is 1.26. The third-order valence-electron chi connectivity index (χ3n) is 8.02. The van der Waals surface area contributed by atoms with E-state index in [-0.39, 0.29) is 11.8 Å². The maximum Gasteiger partial charge on any atom is 0.142 e. The summed E-state index contributed by atoms with van der Waals surface area (Å²) in [6.07, 6.45) is 9.91. The van der Waals surface area contributed by atoms with Crippen LogP contribution < -0.4 is 0 Å². The average molecular weight is 413 g/mol. The van der Waals surface area contributed by atoms with Gasteiger partial charge < -0.3 is 0 Å². The third-order valence-corrected chi connectivity index (χ3v) is 8.02. The Hall–Kier alpha value is -1.33. The molecule has 4 rings (SSSR count). The molecule has 2 saturated heterocycles. The molecule has 0 N–H and O–H groups in total. The first-order chi connectivity index (χ1) is 14.3. The molecule has 1 saturated carbocycles. The number of hydrogen-bond donors (Lipinski definition) is 0. The highest BCUT2D eigenvalue weighted by Crippen LogP contribution is 2.40. The minimum Gasteiger partial charge on any atom is -0.299 e. The lowest BCUT2D eigenvalue weighted by molar-refractivity contribution is -0.128. The number of piperazine rings is 1. The van der Waals surface area contributed by atoms with Crippen molar-refractivity contribution in [3.8, 4) is 0 Å². The van der Waals surface area contributed by atoms with Crippen LogP contribution in [-0.2, 0) is 11.3 Å². The lowest BCUT2D eigenvalue weighted by Crippen LogP contribution is -2.55. The normalized spacial score (nSPS) is 32.8. The largest absolute Gasteiger partial charge is 0.299 e. The first-order valence-electron chi connectivity index (χ1n) is 12.2. The van der Waals surface area contributed by atoms with E-state index in [9.17, 15) is 4.79 Å². The highest BCUT2D eigenvalue weighted by atomic mass is 16.1. The zero-order chi connectivity index (χ0) is 21.4. The first-order valence-corrected chi connectivity index (χ1v) is 12.2. The molecule has 0 aromatic carbocycles. The van der Waals surface area contributed by atoms with Gasteiger partial charge in [-0.1, -0.05) is 20.8 Å². The van der Waals surface area contributed by atoms with Gasteiger partial charge >= 0.3 is 0 Å². The summed E-state index contributed by atoms with van der Waals surface area (Å²) in [5.74, 6) is 2.74. The molecule has 0 spiro atoms. The molecule has 30 heavy (non-hydrogen) atoms. The maximum atomic E-state index is 12.5. The van der Waals surface area contributed by atoms with Crippen LogP contribution in [0.5, 0.6) is 0 Å². The molecule has 2 aliphatic heterocycles. The Labute approximate surface area is 182 Å². The smallest absolute Gasteiger partial charge is 0.142 e. The molecule has 5 nitrogen and oxygen atoms in total. The number of carbonyl (C=O) groups excluding carboxylic acids is 1. The number of ketones is 1. The fourth-order valence-electron chi connectivity index (χ4n) is 6.07. The highest BCUT2D eigenvalue weighted by Gasteiger charge is 2.40. The highest BCUT2D eigenvalue weighted by molar-refractivity contribution is 5.83. The molecule has 3 heterocycles. The summed E-state index contributed by atoms with van der Waals surface area (Å²) in [4.78, 5) is 27.3. The maximum absolute atomic E-state index is 12.5. The van der Waals surface area contributed by atoms with Gasteiger partial charge in [0.25, 0.3) is 0 Å². The van der Waals surface area contributed by atoms with E-state index in [1.54, 1.807) is 0 Å². The van der Waals surface area contributed by atoms with Gasteiger partial charge in [-0.2, -0.15) is 0 Å².